The summed E-state index contributed by atoms with van der Waals surface area (Å²) in [6.45, 7) is -0.309. The first kappa shape index (κ1) is 16.6. The van der Waals surface area contributed by atoms with Crippen molar-refractivity contribution in [2.75, 3.05) is 11.9 Å². The second kappa shape index (κ2) is 6.55. The van der Waals surface area contributed by atoms with Gasteiger partial charge in [0.05, 0.1) is 12.1 Å². The molecule has 1 aromatic rings. The Kier molecular flexibility index (Phi) is 4.94. The molecule has 9 heteroatoms. The van der Waals surface area contributed by atoms with Crippen LogP contribution in [0.5, 0.6) is 0 Å². The number of halogens is 4. The third-order valence-corrected chi connectivity index (χ3v) is 3.58. The average Bonchev–Trinajstić information content (AvgIpc) is 3.20. The van der Waals surface area contributed by atoms with E-state index < -0.39 is 23.7 Å². The first-order valence-corrected chi connectivity index (χ1v) is 7.26. The van der Waals surface area contributed by atoms with Crippen LogP contribution in [0, 0.1) is 0 Å². The van der Waals surface area contributed by atoms with Gasteiger partial charge in [-0.25, -0.2) is 4.79 Å². The maximum absolute atomic E-state index is 12.7. The molecule has 0 aliphatic heterocycles. The number of urea groups is 1. The van der Waals surface area contributed by atoms with E-state index in [2.05, 4.69) is 31.9 Å². The molecule has 3 N–H and O–H groups in total. The molecule has 3 amide bonds. The Morgan fingerprint density at radius 2 is 1.95 bits per heavy atom. The molecule has 0 heterocycles. The van der Waals surface area contributed by atoms with Crippen molar-refractivity contribution in [1.29, 1.82) is 0 Å². The minimum Gasteiger partial charge on any atom is -0.376 e. The lowest BCUT2D eigenvalue weighted by molar-refractivity contribution is -0.138. The molecule has 1 saturated carbocycles. The van der Waals surface area contributed by atoms with E-state index in [4.69, 9.17) is 0 Å². The van der Waals surface area contributed by atoms with E-state index in [1.54, 1.807) is 0 Å². The number of imide groups is 1. The average molecular weight is 380 g/mol. The van der Waals surface area contributed by atoms with Gasteiger partial charge in [0.2, 0.25) is 5.91 Å². The molecule has 120 valence electrons. The molecule has 1 aliphatic rings. The number of carbonyl (C=O) groups is 2. The monoisotopic (exact) mass is 379 g/mol. The summed E-state index contributed by atoms with van der Waals surface area (Å²) >= 11 is 2.83. The van der Waals surface area contributed by atoms with Gasteiger partial charge in [0, 0.05) is 16.2 Å². The zero-order chi connectivity index (χ0) is 16.3. The fourth-order valence-electron chi connectivity index (χ4n) is 1.65. The molecule has 0 spiro atoms. The van der Waals surface area contributed by atoms with E-state index in [-0.39, 0.29) is 22.7 Å². The second-order valence-electron chi connectivity index (χ2n) is 4.84. The predicted octanol–water partition coefficient (Wildman–Crippen LogP) is 2.87. The van der Waals surface area contributed by atoms with Crippen LogP contribution < -0.4 is 16.0 Å². The lowest BCUT2D eigenvalue weighted by Crippen LogP contribution is -2.42. The second-order valence-corrected chi connectivity index (χ2v) is 5.70. The van der Waals surface area contributed by atoms with Gasteiger partial charge in [-0.2, -0.15) is 13.2 Å². The van der Waals surface area contributed by atoms with E-state index in [1.165, 1.54) is 12.1 Å². The highest BCUT2D eigenvalue weighted by Crippen LogP contribution is 2.36. The Balaban J connectivity index is 1.88. The van der Waals surface area contributed by atoms with Gasteiger partial charge in [-0.3, -0.25) is 10.1 Å². The van der Waals surface area contributed by atoms with Gasteiger partial charge >= 0.3 is 12.2 Å². The van der Waals surface area contributed by atoms with Gasteiger partial charge in [-0.1, -0.05) is 15.9 Å². The van der Waals surface area contributed by atoms with Crippen LogP contribution in [0.4, 0.5) is 23.7 Å². The van der Waals surface area contributed by atoms with E-state index >= 15 is 0 Å². The highest BCUT2D eigenvalue weighted by molar-refractivity contribution is 9.10. The molecule has 5 nitrogen and oxygen atoms in total. The largest absolute Gasteiger partial charge is 0.417 e. The minimum absolute atomic E-state index is 0.0844. The zero-order valence-corrected chi connectivity index (χ0v) is 12.8. The van der Waals surface area contributed by atoms with Crippen LogP contribution in [-0.4, -0.2) is 24.5 Å². The Bertz CT molecular complexity index is 588. The number of benzene rings is 1. The van der Waals surface area contributed by atoms with Crippen molar-refractivity contribution in [3.63, 3.8) is 0 Å². The summed E-state index contributed by atoms with van der Waals surface area (Å²) in [5.41, 5.74) is -0.710. The van der Waals surface area contributed by atoms with Gasteiger partial charge in [-0.05, 0) is 31.0 Å². The Morgan fingerprint density at radius 3 is 2.55 bits per heavy atom. The molecule has 1 aromatic carbocycles. The van der Waals surface area contributed by atoms with Gasteiger partial charge < -0.3 is 10.6 Å². The molecule has 0 bridgehead atoms. The first-order chi connectivity index (χ1) is 10.3. The van der Waals surface area contributed by atoms with Crippen LogP contribution in [0.25, 0.3) is 0 Å². The summed E-state index contributed by atoms with van der Waals surface area (Å²) < 4.78 is 38.1. The maximum Gasteiger partial charge on any atom is 0.417 e. The standard InChI is InChI=1S/C13H13BrF3N3O2/c14-10-4-3-8(5-9(10)13(15,16)17)18-6-11(21)20-12(22)19-7-1-2-7/h3-5,7,18H,1-2,6H2,(H2,19,20,21,22). The van der Waals surface area contributed by atoms with Gasteiger partial charge in [0.1, 0.15) is 0 Å². The zero-order valence-electron chi connectivity index (χ0n) is 11.3. The number of rotatable bonds is 4. The van der Waals surface area contributed by atoms with Crippen LogP contribution in [0.2, 0.25) is 0 Å². The van der Waals surface area contributed by atoms with Crippen molar-refractivity contribution in [3.05, 3.63) is 28.2 Å². The summed E-state index contributed by atoms with van der Waals surface area (Å²) in [6, 6.07) is 3.05. The van der Waals surface area contributed by atoms with Crippen molar-refractivity contribution in [2.45, 2.75) is 25.1 Å². The topological polar surface area (TPSA) is 70.2 Å². The molecule has 0 saturated heterocycles. The van der Waals surface area contributed by atoms with E-state index in [1.807, 2.05) is 0 Å². The SMILES string of the molecule is O=C(CNc1ccc(Br)c(C(F)(F)F)c1)NC(=O)NC1CC1. The number of hydrogen-bond donors (Lipinski definition) is 3. The molecule has 2 rings (SSSR count). The molecule has 1 fully saturated rings. The summed E-state index contributed by atoms with van der Waals surface area (Å²) in [5, 5.41) is 7.21. The fraction of sp³-hybridized carbons (Fsp3) is 0.385. The molecule has 0 aromatic heterocycles. The molecular formula is C13H13BrF3N3O2. The summed E-state index contributed by atoms with van der Waals surface area (Å²) in [7, 11) is 0. The smallest absolute Gasteiger partial charge is 0.376 e. The predicted molar refractivity (Wildman–Crippen MR) is 77.3 cm³/mol. The van der Waals surface area contributed by atoms with E-state index in [0.717, 1.165) is 18.9 Å². The van der Waals surface area contributed by atoms with Gasteiger partial charge in [0.25, 0.3) is 0 Å². The van der Waals surface area contributed by atoms with E-state index in [9.17, 15) is 22.8 Å². The highest BCUT2D eigenvalue weighted by Gasteiger charge is 2.33. The number of nitrogens with one attached hydrogen (secondary N) is 3. The molecule has 0 radical (unpaired) electrons. The van der Waals surface area contributed by atoms with Gasteiger partial charge in [-0.15, -0.1) is 0 Å². The fourth-order valence-corrected chi connectivity index (χ4v) is 2.13. The van der Waals surface area contributed by atoms with Crippen LogP contribution in [-0.2, 0) is 11.0 Å². The Morgan fingerprint density at radius 1 is 1.27 bits per heavy atom. The molecule has 0 atom stereocenters. The quantitative estimate of drug-likeness (QED) is 0.753. The van der Waals surface area contributed by atoms with Crippen molar-refractivity contribution in [3.8, 4) is 0 Å². The Hall–Kier alpha value is -1.77. The maximum atomic E-state index is 12.7. The first-order valence-electron chi connectivity index (χ1n) is 6.46. The van der Waals surface area contributed by atoms with E-state index in [0.29, 0.717) is 0 Å². The van der Waals surface area contributed by atoms with Crippen LogP contribution in [0.15, 0.2) is 22.7 Å². The summed E-state index contributed by atoms with van der Waals surface area (Å²) in [6.07, 6.45) is -2.72. The van der Waals surface area contributed by atoms with Crippen LogP contribution in [0.3, 0.4) is 0 Å². The lowest BCUT2D eigenvalue weighted by Gasteiger charge is -2.12. The number of carbonyl (C=O) groups excluding carboxylic acids is 2. The highest BCUT2D eigenvalue weighted by atomic mass is 79.9. The van der Waals surface area contributed by atoms with Crippen molar-refractivity contribution < 1.29 is 22.8 Å². The van der Waals surface area contributed by atoms with Crippen molar-refractivity contribution >= 4 is 33.6 Å². The Labute approximate surface area is 132 Å². The normalized spacial score (nSPS) is 14.4. The van der Waals surface area contributed by atoms with Crippen molar-refractivity contribution in [1.82, 2.24) is 10.6 Å². The van der Waals surface area contributed by atoms with Crippen LogP contribution in [0.1, 0.15) is 18.4 Å². The number of anilines is 1. The third kappa shape index (κ3) is 4.90. The number of alkyl halides is 3. The minimum atomic E-state index is -4.50. The molecule has 0 unspecified atom stereocenters. The lowest BCUT2D eigenvalue weighted by atomic mass is 10.2. The summed E-state index contributed by atoms with van der Waals surface area (Å²) in [5.74, 6) is -0.630. The molecule has 22 heavy (non-hydrogen) atoms. The van der Waals surface area contributed by atoms with Gasteiger partial charge in [0.15, 0.2) is 0 Å². The number of hydrogen-bond acceptors (Lipinski definition) is 3. The van der Waals surface area contributed by atoms with Crippen molar-refractivity contribution in [2.24, 2.45) is 0 Å². The van der Waals surface area contributed by atoms with Crippen LogP contribution >= 0.6 is 15.9 Å². The molecular weight excluding hydrogens is 367 g/mol. The molecule has 1 aliphatic carbocycles. The number of amides is 3. The summed E-state index contributed by atoms with van der Waals surface area (Å²) in [4.78, 5) is 22.8. The third-order valence-electron chi connectivity index (χ3n) is 2.89.